The van der Waals surface area contributed by atoms with Crippen molar-refractivity contribution in [2.45, 2.75) is 11.1 Å². The van der Waals surface area contributed by atoms with Crippen molar-refractivity contribution < 1.29 is 9.47 Å². The molecule has 0 spiro atoms. The minimum absolute atomic E-state index is 0.00598. The first-order valence-electron chi connectivity index (χ1n) is 8.13. The highest BCUT2D eigenvalue weighted by Crippen LogP contribution is 2.44. The summed E-state index contributed by atoms with van der Waals surface area (Å²) in [6.07, 6.45) is 0. The van der Waals surface area contributed by atoms with Crippen molar-refractivity contribution in [2.24, 2.45) is 0 Å². The number of thioether (sulfide) groups is 1. The third-order valence-corrected chi connectivity index (χ3v) is 6.54. The molecule has 0 fully saturated rings. The molecule has 0 atom stereocenters. The Bertz CT molecular complexity index is 1010. The quantitative estimate of drug-likeness (QED) is 0.506. The maximum Gasteiger partial charge on any atom is 0.231 e. The van der Waals surface area contributed by atoms with E-state index in [0.29, 0.717) is 16.5 Å². The lowest BCUT2D eigenvalue weighted by molar-refractivity contribution is 0.174. The van der Waals surface area contributed by atoms with E-state index in [1.165, 1.54) is 0 Å². The molecule has 1 aliphatic heterocycles. The number of ether oxygens (including phenoxy) is 2. The minimum Gasteiger partial charge on any atom is -0.454 e. The summed E-state index contributed by atoms with van der Waals surface area (Å²) >= 11 is 9.26. The van der Waals surface area contributed by atoms with Gasteiger partial charge in [-0.2, -0.15) is 0 Å². The van der Waals surface area contributed by atoms with E-state index in [-0.39, 0.29) is 12.2 Å². The Morgan fingerprint density at radius 2 is 1.96 bits per heavy atom. The predicted octanol–water partition coefficient (Wildman–Crippen LogP) is 5.94. The monoisotopic (exact) mass is 402 g/mol. The topological polar surface area (TPSA) is 35.5 Å². The van der Waals surface area contributed by atoms with Crippen molar-refractivity contribution >= 4 is 34.7 Å². The van der Waals surface area contributed by atoms with Gasteiger partial charge in [0.05, 0.1) is 9.77 Å². The lowest BCUT2D eigenvalue weighted by Crippen LogP contribution is -2.04. The SMILES string of the molecule is CCSc1sc(-c2cccc3c2OCO3)cc(=O)c1-c1ccc(Cl)cc1. The molecule has 26 heavy (non-hydrogen) atoms. The van der Waals surface area contributed by atoms with E-state index in [2.05, 4.69) is 6.92 Å². The lowest BCUT2D eigenvalue weighted by atomic mass is 10.1. The van der Waals surface area contributed by atoms with E-state index in [0.717, 1.165) is 31.5 Å². The van der Waals surface area contributed by atoms with Crippen LogP contribution >= 0.6 is 34.7 Å². The van der Waals surface area contributed by atoms with Gasteiger partial charge in [-0.1, -0.05) is 36.7 Å². The normalized spacial score (nSPS) is 12.4. The summed E-state index contributed by atoms with van der Waals surface area (Å²) in [5.74, 6) is 2.30. The summed E-state index contributed by atoms with van der Waals surface area (Å²) in [6.45, 7) is 2.29. The standard InChI is InChI=1S/C20H15ClO3S2/c1-2-25-20-18(12-6-8-13(21)9-7-12)15(22)10-17(26-20)14-4-3-5-16-19(14)24-11-23-16/h3-10H,2,11H2,1H3. The Kier molecular flexibility index (Phi) is 4.94. The number of halogens is 1. The molecule has 0 bridgehead atoms. The zero-order valence-corrected chi connectivity index (χ0v) is 16.3. The van der Waals surface area contributed by atoms with Gasteiger partial charge in [0, 0.05) is 21.5 Å². The van der Waals surface area contributed by atoms with Gasteiger partial charge in [-0.05, 0) is 35.6 Å². The number of hydrogen-bond donors (Lipinski definition) is 0. The van der Waals surface area contributed by atoms with E-state index < -0.39 is 0 Å². The number of benzene rings is 2. The highest BCUT2D eigenvalue weighted by Gasteiger charge is 2.21. The smallest absolute Gasteiger partial charge is 0.231 e. The Morgan fingerprint density at radius 1 is 1.15 bits per heavy atom. The second-order valence-corrected chi connectivity index (χ2v) is 8.64. The summed E-state index contributed by atoms with van der Waals surface area (Å²) in [4.78, 5) is 13.9. The molecule has 132 valence electrons. The van der Waals surface area contributed by atoms with Crippen molar-refractivity contribution in [1.29, 1.82) is 0 Å². The van der Waals surface area contributed by atoms with Gasteiger partial charge in [0.1, 0.15) is 0 Å². The van der Waals surface area contributed by atoms with Crippen molar-refractivity contribution in [3.63, 3.8) is 0 Å². The van der Waals surface area contributed by atoms with E-state index in [9.17, 15) is 4.79 Å². The predicted molar refractivity (Wildman–Crippen MR) is 109 cm³/mol. The van der Waals surface area contributed by atoms with Crippen LogP contribution in [-0.4, -0.2) is 12.5 Å². The molecule has 1 aliphatic rings. The Labute approximate surface area is 164 Å². The highest BCUT2D eigenvalue weighted by molar-refractivity contribution is 8.01. The second-order valence-electron chi connectivity index (χ2n) is 5.62. The number of para-hydroxylation sites is 1. The molecule has 2 heterocycles. The summed E-state index contributed by atoms with van der Waals surface area (Å²) in [5, 5.41) is 0.656. The fraction of sp³-hybridized carbons (Fsp3) is 0.150. The Hall–Kier alpha value is -1.95. The van der Waals surface area contributed by atoms with Gasteiger partial charge >= 0.3 is 0 Å². The first-order chi connectivity index (χ1) is 12.7. The number of fused-ring (bicyclic) bond motifs is 1. The van der Waals surface area contributed by atoms with Gasteiger partial charge in [0.25, 0.3) is 0 Å². The van der Waals surface area contributed by atoms with Crippen molar-refractivity contribution in [1.82, 2.24) is 0 Å². The molecule has 3 nitrogen and oxygen atoms in total. The van der Waals surface area contributed by atoms with Gasteiger partial charge in [-0.25, -0.2) is 0 Å². The second kappa shape index (κ2) is 7.35. The maximum absolute atomic E-state index is 13.0. The first kappa shape index (κ1) is 17.5. The van der Waals surface area contributed by atoms with Gasteiger partial charge in [-0.15, -0.1) is 23.1 Å². The molecule has 1 aromatic heterocycles. The molecule has 0 unspecified atom stereocenters. The van der Waals surface area contributed by atoms with Crippen molar-refractivity contribution in [2.75, 3.05) is 12.5 Å². The third kappa shape index (κ3) is 3.22. The van der Waals surface area contributed by atoms with Crippen LogP contribution in [0.5, 0.6) is 11.5 Å². The van der Waals surface area contributed by atoms with Crippen LogP contribution < -0.4 is 14.9 Å². The Balaban J connectivity index is 1.88. The van der Waals surface area contributed by atoms with Crippen LogP contribution in [0.1, 0.15) is 6.92 Å². The molecule has 0 N–H and O–H groups in total. The number of rotatable bonds is 4. The fourth-order valence-electron chi connectivity index (χ4n) is 2.84. The van der Waals surface area contributed by atoms with Crippen LogP contribution in [-0.2, 0) is 0 Å². The van der Waals surface area contributed by atoms with Gasteiger partial charge in [0.2, 0.25) is 6.79 Å². The van der Waals surface area contributed by atoms with Crippen LogP contribution in [0.25, 0.3) is 21.6 Å². The number of hydrogen-bond acceptors (Lipinski definition) is 5. The van der Waals surface area contributed by atoms with Gasteiger partial charge < -0.3 is 9.47 Å². The molecule has 0 saturated carbocycles. The summed E-state index contributed by atoms with van der Waals surface area (Å²) in [5.41, 5.74) is 2.50. The average molecular weight is 403 g/mol. The molecule has 3 aromatic rings. The van der Waals surface area contributed by atoms with Crippen LogP contribution in [0.4, 0.5) is 0 Å². The largest absolute Gasteiger partial charge is 0.454 e. The molecular formula is C20H15ClO3S2. The Morgan fingerprint density at radius 3 is 2.73 bits per heavy atom. The molecule has 0 amide bonds. The summed E-state index contributed by atoms with van der Waals surface area (Å²) in [6, 6.07) is 14.8. The molecule has 2 aromatic carbocycles. The van der Waals surface area contributed by atoms with E-state index in [1.807, 2.05) is 42.5 Å². The average Bonchev–Trinajstić information content (AvgIpc) is 3.11. The van der Waals surface area contributed by atoms with Crippen LogP contribution in [0.15, 0.2) is 57.5 Å². The molecule has 4 rings (SSSR count). The zero-order valence-electron chi connectivity index (χ0n) is 14.0. The van der Waals surface area contributed by atoms with Crippen molar-refractivity contribution in [3.05, 3.63) is 63.8 Å². The molecule has 0 aliphatic carbocycles. The highest BCUT2D eigenvalue weighted by atomic mass is 35.5. The molecular weight excluding hydrogens is 388 g/mol. The summed E-state index contributed by atoms with van der Waals surface area (Å²) < 4.78 is 12.1. The first-order valence-corrected chi connectivity index (χ1v) is 10.3. The fourth-order valence-corrected chi connectivity index (χ4v) is 5.41. The summed E-state index contributed by atoms with van der Waals surface area (Å²) in [7, 11) is 0. The zero-order chi connectivity index (χ0) is 18.1. The lowest BCUT2D eigenvalue weighted by Gasteiger charge is -2.11. The van der Waals surface area contributed by atoms with Crippen LogP contribution in [0, 0.1) is 0 Å². The third-order valence-electron chi connectivity index (χ3n) is 3.99. The van der Waals surface area contributed by atoms with Crippen LogP contribution in [0.2, 0.25) is 5.02 Å². The van der Waals surface area contributed by atoms with Crippen molar-refractivity contribution in [3.8, 4) is 33.1 Å². The van der Waals surface area contributed by atoms with E-state index in [4.69, 9.17) is 21.1 Å². The van der Waals surface area contributed by atoms with E-state index >= 15 is 0 Å². The molecule has 0 radical (unpaired) electrons. The van der Waals surface area contributed by atoms with Gasteiger partial charge in [-0.3, -0.25) is 4.79 Å². The van der Waals surface area contributed by atoms with Gasteiger partial charge in [0.15, 0.2) is 16.9 Å². The maximum atomic E-state index is 13.0. The van der Waals surface area contributed by atoms with Crippen LogP contribution in [0.3, 0.4) is 0 Å². The van der Waals surface area contributed by atoms with E-state index in [1.54, 1.807) is 29.2 Å². The molecule has 6 heteroatoms. The minimum atomic E-state index is -0.00598. The molecule has 0 saturated heterocycles.